The lowest BCUT2D eigenvalue weighted by atomic mass is 10.3. The first-order valence-corrected chi connectivity index (χ1v) is 6.04. The second-order valence-electron chi connectivity index (χ2n) is 4.10. The number of para-hydroxylation sites is 1. The van der Waals surface area contributed by atoms with Crippen LogP contribution in [0.1, 0.15) is 10.7 Å². The number of rotatable bonds is 3. The number of nitrogens with one attached hydrogen (secondary N) is 1. The number of amides is 1. The maximum absolute atomic E-state index is 12.8. The van der Waals surface area contributed by atoms with Crippen molar-refractivity contribution < 1.29 is 13.7 Å². The molecule has 0 radical (unpaired) electrons. The predicted molar refractivity (Wildman–Crippen MR) is 71.9 cm³/mol. The minimum absolute atomic E-state index is 0.119. The average molecular weight is 284 g/mol. The largest absolute Gasteiger partial charge is 0.328 e. The number of nitrogens with zero attached hydrogens (tertiary/aromatic N) is 3. The van der Waals surface area contributed by atoms with E-state index in [4.69, 9.17) is 4.52 Å². The second-order valence-corrected chi connectivity index (χ2v) is 4.10. The van der Waals surface area contributed by atoms with Crippen LogP contribution in [0.3, 0.4) is 0 Å². The van der Waals surface area contributed by atoms with Gasteiger partial charge in [0.2, 0.25) is 5.82 Å². The van der Waals surface area contributed by atoms with Gasteiger partial charge in [-0.3, -0.25) is 4.79 Å². The molecule has 6 nitrogen and oxygen atoms in total. The summed E-state index contributed by atoms with van der Waals surface area (Å²) in [7, 11) is 0. The zero-order valence-electron chi connectivity index (χ0n) is 10.7. The number of anilines is 1. The van der Waals surface area contributed by atoms with Crippen molar-refractivity contribution in [2.45, 2.75) is 0 Å². The van der Waals surface area contributed by atoms with Crippen LogP contribution in [0.25, 0.3) is 11.5 Å². The molecule has 3 rings (SSSR count). The zero-order chi connectivity index (χ0) is 14.7. The van der Waals surface area contributed by atoms with Crippen molar-refractivity contribution in [1.82, 2.24) is 15.1 Å². The zero-order valence-corrected chi connectivity index (χ0v) is 10.7. The third-order valence-corrected chi connectivity index (χ3v) is 2.61. The van der Waals surface area contributed by atoms with Crippen LogP contribution in [0.15, 0.2) is 53.2 Å². The van der Waals surface area contributed by atoms with Gasteiger partial charge >= 0.3 is 11.8 Å². The Kier molecular flexibility index (Phi) is 3.38. The van der Waals surface area contributed by atoms with Gasteiger partial charge in [-0.2, -0.15) is 4.98 Å². The molecule has 0 aliphatic heterocycles. The fourth-order valence-corrected chi connectivity index (χ4v) is 1.63. The van der Waals surface area contributed by atoms with Crippen molar-refractivity contribution in [3.63, 3.8) is 0 Å². The highest BCUT2D eigenvalue weighted by Crippen LogP contribution is 2.14. The number of carbonyl (C=O) groups excluding carboxylic acids is 1. The van der Waals surface area contributed by atoms with Gasteiger partial charge in [0.1, 0.15) is 11.5 Å². The van der Waals surface area contributed by atoms with Gasteiger partial charge in [0.25, 0.3) is 0 Å². The Morgan fingerprint density at radius 3 is 2.67 bits per heavy atom. The maximum Gasteiger partial charge on any atom is 0.316 e. The molecule has 21 heavy (non-hydrogen) atoms. The maximum atomic E-state index is 12.8. The van der Waals surface area contributed by atoms with Crippen molar-refractivity contribution >= 4 is 11.6 Å². The molecule has 0 saturated carbocycles. The fourth-order valence-electron chi connectivity index (χ4n) is 1.63. The number of benzene rings is 1. The Bertz CT molecular complexity index is 756. The van der Waals surface area contributed by atoms with Crippen LogP contribution in [0, 0.1) is 5.82 Å². The molecule has 0 spiro atoms. The number of halogens is 1. The van der Waals surface area contributed by atoms with Gasteiger partial charge in [-0.1, -0.05) is 23.4 Å². The second kappa shape index (κ2) is 5.49. The van der Waals surface area contributed by atoms with Crippen LogP contribution in [0.2, 0.25) is 0 Å². The van der Waals surface area contributed by atoms with Gasteiger partial charge in [-0.05, 0) is 24.3 Å². The molecule has 3 aromatic rings. The van der Waals surface area contributed by atoms with E-state index in [-0.39, 0.29) is 11.7 Å². The van der Waals surface area contributed by atoms with Crippen LogP contribution in [-0.4, -0.2) is 21.0 Å². The lowest BCUT2D eigenvalue weighted by Crippen LogP contribution is -2.12. The molecule has 0 aliphatic carbocycles. The van der Waals surface area contributed by atoms with Crippen molar-refractivity contribution in [3.05, 3.63) is 60.4 Å². The fraction of sp³-hybridized carbons (Fsp3) is 0. The molecule has 104 valence electrons. The lowest BCUT2D eigenvalue weighted by Gasteiger charge is -1.99. The molecule has 0 fully saturated rings. The summed E-state index contributed by atoms with van der Waals surface area (Å²) in [6.45, 7) is 0. The smallest absolute Gasteiger partial charge is 0.316 e. The number of aromatic nitrogens is 3. The highest BCUT2D eigenvalue weighted by Gasteiger charge is 2.16. The average Bonchev–Trinajstić information content (AvgIpc) is 2.99. The summed E-state index contributed by atoms with van der Waals surface area (Å²) in [4.78, 5) is 19.7. The first kappa shape index (κ1) is 12.9. The van der Waals surface area contributed by atoms with E-state index in [0.717, 1.165) is 6.20 Å². The van der Waals surface area contributed by atoms with Crippen molar-refractivity contribution in [1.29, 1.82) is 0 Å². The quantitative estimate of drug-likeness (QED) is 0.799. The van der Waals surface area contributed by atoms with E-state index in [9.17, 15) is 9.18 Å². The van der Waals surface area contributed by atoms with Crippen LogP contribution < -0.4 is 5.32 Å². The molecule has 1 aromatic carbocycles. The van der Waals surface area contributed by atoms with Gasteiger partial charge in [-0.25, -0.2) is 9.37 Å². The van der Waals surface area contributed by atoms with E-state index >= 15 is 0 Å². The van der Waals surface area contributed by atoms with E-state index in [1.54, 1.807) is 24.3 Å². The van der Waals surface area contributed by atoms with Crippen molar-refractivity contribution in [3.8, 4) is 11.5 Å². The molecule has 2 heterocycles. The summed E-state index contributed by atoms with van der Waals surface area (Å²) >= 11 is 0. The SMILES string of the molecule is O=C(Nc1ccccc1)c1nc(-c2ccc(F)cn2)no1. The minimum atomic E-state index is -0.526. The van der Waals surface area contributed by atoms with Crippen LogP contribution in [0.4, 0.5) is 10.1 Å². The lowest BCUT2D eigenvalue weighted by molar-refractivity contribution is 0.0981. The van der Waals surface area contributed by atoms with Crippen LogP contribution in [0.5, 0.6) is 0 Å². The van der Waals surface area contributed by atoms with Crippen LogP contribution >= 0.6 is 0 Å². The predicted octanol–water partition coefficient (Wildman–Crippen LogP) is 2.52. The summed E-state index contributed by atoms with van der Waals surface area (Å²) in [6.07, 6.45) is 1.04. The van der Waals surface area contributed by atoms with Gasteiger partial charge in [0, 0.05) is 5.69 Å². The molecular formula is C14H9FN4O2. The monoisotopic (exact) mass is 284 g/mol. The Balaban J connectivity index is 1.78. The van der Waals surface area contributed by atoms with Gasteiger partial charge in [-0.15, -0.1) is 0 Å². The normalized spacial score (nSPS) is 10.3. The van der Waals surface area contributed by atoms with E-state index in [1.807, 2.05) is 6.07 Å². The number of hydrogen-bond acceptors (Lipinski definition) is 5. The molecule has 0 aliphatic rings. The first-order chi connectivity index (χ1) is 10.2. The molecule has 7 heteroatoms. The summed E-state index contributed by atoms with van der Waals surface area (Å²) in [5, 5.41) is 6.26. The highest BCUT2D eigenvalue weighted by molar-refractivity contribution is 6.01. The summed E-state index contributed by atoms with van der Waals surface area (Å²) in [5.74, 6) is -1.07. The molecule has 1 amide bonds. The highest BCUT2D eigenvalue weighted by atomic mass is 19.1. The Labute approximate surface area is 118 Å². The van der Waals surface area contributed by atoms with Crippen molar-refractivity contribution in [2.24, 2.45) is 0 Å². The topological polar surface area (TPSA) is 80.9 Å². The van der Waals surface area contributed by atoms with E-state index in [2.05, 4.69) is 20.4 Å². The Morgan fingerprint density at radius 2 is 1.95 bits per heavy atom. The molecule has 1 N–H and O–H groups in total. The first-order valence-electron chi connectivity index (χ1n) is 6.04. The summed E-state index contributed by atoms with van der Waals surface area (Å²) < 4.78 is 17.7. The standard InChI is InChI=1S/C14H9FN4O2/c15-9-6-7-11(16-8-9)12-18-14(21-19-12)13(20)17-10-4-2-1-3-5-10/h1-8H,(H,17,20). The molecule has 0 atom stereocenters. The van der Waals surface area contributed by atoms with Crippen LogP contribution in [-0.2, 0) is 0 Å². The molecule has 0 bridgehead atoms. The number of pyridine rings is 1. The molecule has 2 aromatic heterocycles. The van der Waals surface area contributed by atoms with E-state index in [0.29, 0.717) is 11.4 Å². The molecular weight excluding hydrogens is 275 g/mol. The molecule has 0 unspecified atom stereocenters. The summed E-state index contributed by atoms with van der Waals surface area (Å²) in [5.41, 5.74) is 0.932. The number of carbonyl (C=O) groups is 1. The van der Waals surface area contributed by atoms with Gasteiger partial charge < -0.3 is 9.84 Å². The molecule has 0 saturated heterocycles. The minimum Gasteiger partial charge on any atom is -0.328 e. The summed E-state index contributed by atoms with van der Waals surface area (Å²) in [6, 6.07) is 11.5. The number of hydrogen-bond donors (Lipinski definition) is 1. The van der Waals surface area contributed by atoms with E-state index in [1.165, 1.54) is 12.1 Å². The Morgan fingerprint density at radius 1 is 1.14 bits per heavy atom. The van der Waals surface area contributed by atoms with Crippen molar-refractivity contribution in [2.75, 3.05) is 5.32 Å². The third-order valence-electron chi connectivity index (χ3n) is 2.61. The third kappa shape index (κ3) is 2.92. The van der Waals surface area contributed by atoms with Gasteiger partial charge in [0.15, 0.2) is 0 Å². The Hall–Kier alpha value is -3.09. The van der Waals surface area contributed by atoms with E-state index < -0.39 is 11.7 Å². The van der Waals surface area contributed by atoms with Gasteiger partial charge in [0.05, 0.1) is 6.20 Å².